The van der Waals surface area contributed by atoms with Crippen molar-refractivity contribution in [3.63, 3.8) is 0 Å². The first-order chi connectivity index (χ1) is 6.86. The predicted octanol–water partition coefficient (Wildman–Crippen LogP) is 1.39. The van der Waals surface area contributed by atoms with Crippen molar-refractivity contribution in [1.29, 1.82) is 0 Å². The second-order valence-corrected chi connectivity index (χ2v) is 2.45. The maximum absolute atomic E-state index is 4.10. The molecule has 0 aliphatic rings. The van der Waals surface area contributed by atoms with Gasteiger partial charge in [-0.25, -0.2) is 4.98 Å². The predicted molar refractivity (Wildman–Crippen MR) is 53.0 cm³/mol. The molecule has 14 heavy (non-hydrogen) atoms. The molecule has 0 aliphatic carbocycles. The van der Waals surface area contributed by atoms with Gasteiger partial charge in [0.1, 0.15) is 6.33 Å². The molecule has 0 bridgehead atoms. The molecule has 0 N–H and O–H groups in total. The van der Waals surface area contributed by atoms with Crippen LogP contribution >= 0.6 is 0 Å². The molecular formula is C9H13N5. The maximum Gasteiger partial charge on any atom is 0.157 e. The minimum absolute atomic E-state index is 0.736. The summed E-state index contributed by atoms with van der Waals surface area (Å²) >= 11 is 0. The smallest absolute Gasteiger partial charge is 0.157 e. The second-order valence-electron chi connectivity index (χ2n) is 2.45. The van der Waals surface area contributed by atoms with Crippen molar-refractivity contribution in [2.45, 2.75) is 20.8 Å². The van der Waals surface area contributed by atoms with Gasteiger partial charge in [-0.15, -0.1) is 5.10 Å². The Balaban J connectivity index is 0.000000461. The molecule has 0 saturated carbocycles. The molecule has 5 heteroatoms. The quantitative estimate of drug-likeness (QED) is 0.683. The number of hydrogen-bond acceptors (Lipinski definition) is 4. The summed E-state index contributed by atoms with van der Waals surface area (Å²) in [5.41, 5.74) is 1.13. The highest BCUT2D eigenvalue weighted by molar-refractivity contribution is 5.24. The molecule has 0 aromatic carbocycles. The van der Waals surface area contributed by atoms with Gasteiger partial charge < -0.3 is 0 Å². The Morgan fingerprint density at radius 2 is 2.07 bits per heavy atom. The minimum atomic E-state index is 0.736. The average molecular weight is 191 g/mol. The Labute approximate surface area is 82.8 Å². The molecule has 0 aliphatic heterocycles. The molecule has 74 valence electrons. The molecule has 2 heterocycles. The van der Waals surface area contributed by atoms with E-state index in [9.17, 15) is 0 Å². The summed E-state index contributed by atoms with van der Waals surface area (Å²) in [5.74, 6) is 0.736. The summed E-state index contributed by atoms with van der Waals surface area (Å²) in [4.78, 5) is 4.10. The van der Waals surface area contributed by atoms with Crippen LogP contribution in [0.5, 0.6) is 0 Å². The van der Waals surface area contributed by atoms with Crippen LogP contribution in [0.4, 0.5) is 0 Å². The lowest BCUT2D eigenvalue weighted by Gasteiger charge is -1.97. The maximum atomic E-state index is 4.10. The molecule has 0 amide bonds. The number of aryl methyl sites for hydroxylation is 1. The van der Waals surface area contributed by atoms with Gasteiger partial charge in [-0.3, -0.25) is 0 Å². The van der Waals surface area contributed by atoms with Crippen molar-refractivity contribution in [3.05, 3.63) is 30.2 Å². The lowest BCUT2D eigenvalue weighted by atomic mass is 10.3. The number of pyridine rings is 1. The molecule has 0 fully saturated rings. The molecule has 0 atom stereocenters. The van der Waals surface area contributed by atoms with Gasteiger partial charge >= 0.3 is 0 Å². The van der Waals surface area contributed by atoms with Gasteiger partial charge in [0.2, 0.25) is 0 Å². The summed E-state index contributed by atoms with van der Waals surface area (Å²) in [6.45, 7) is 6.00. The highest BCUT2D eigenvalue weighted by Crippen LogP contribution is 2.02. The molecule has 0 spiro atoms. The van der Waals surface area contributed by atoms with Crippen LogP contribution < -0.4 is 0 Å². The highest BCUT2D eigenvalue weighted by atomic mass is 15.5. The summed E-state index contributed by atoms with van der Waals surface area (Å²) in [6.07, 6.45) is 3.24. The van der Waals surface area contributed by atoms with Gasteiger partial charge in [0.25, 0.3) is 0 Å². The van der Waals surface area contributed by atoms with E-state index in [-0.39, 0.29) is 0 Å². The van der Waals surface area contributed by atoms with E-state index in [0.717, 1.165) is 11.4 Å². The monoisotopic (exact) mass is 191 g/mol. The van der Waals surface area contributed by atoms with Gasteiger partial charge in [0.05, 0.1) is 0 Å². The molecule has 2 rings (SSSR count). The number of nitrogens with zero attached hydrogens (tertiary/aromatic N) is 5. The van der Waals surface area contributed by atoms with Crippen molar-refractivity contribution in [2.24, 2.45) is 0 Å². The van der Waals surface area contributed by atoms with Crippen LogP contribution in [0.3, 0.4) is 0 Å². The number of hydrogen-bond donors (Lipinski definition) is 0. The standard InChI is InChI=1S/C7H7N5.C2H6/c1-6-2-3-8-7(4-6)12-5-9-10-11-12;1-2/h2-5H,1H3;1-2H3. The van der Waals surface area contributed by atoms with Crippen LogP contribution in [0.1, 0.15) is 19.4 Å². The third-order valence-electron chi connectivity index (χ3n) is 1.48. The molecule has 2 aromatic heterocycles. The van der Waals surface area contributed by atoms with Crippen molar-refractivity contribution in [1.82, 2.24) is 25.2 Å². The highest BCUT2D eigenvalue weighted by Gasteiger charge is 1.97. The van der Waals surface area contributed by atoms with Crippen molar-refractivity contribution < 1.29 is 0 Å². The summed E-state index contributed by atoms with van der Waals surface area (Å²) < 4.78 is 1.52. The molecule has 5 nitrogen and oxygen atoms in total. The zero-order valence-corrected chi connectivity index (χ0v) is 8.55. The fourth-order valence-corrected chi connectivity index (χ4v) is 0.912. The van der Waals surface area contributed by atoms with Gasteiger partial charge in [-0.1, -0.05) is 13.8 Å². The minimum Gasteiger partial charge on any atom is -0.237 e. The van der Waals surface area contributed by atoms with Crippen LogP contribution in [0.15, 0.2) is 24.7 Å². The number of aromatic nitrogens is 5. The van der Waals surface area contributed by atoms with E-state index in [4.69, 9.17) is 0 Å². The first-order valence-electron chi connectivity index (χ1n) is 4.52. The Hall–Kier alpha value is -1.78. The first-order valence-corrected chi connectivity index (χ1v) is 4.52. The van der Waals surface area contributed by atoms with Gasteiger partial charge in [0.15, 0.2) is 5.82 Å². The summed E-state index contributed by atoms with van der Waals surface area (Å²) in [7, 11) is 0. The molecule has 0 unspecified atom stereocenters. The Morgan fingerprint density at radius 1 is 1.29 bits per heavy atom. The SMILES string of the molecule is CC.Cc1ccnc(-n2cnnn2)c1. The number of tetrazole rings is 1. The normalized spacial score (nSPS) is 9.07. The fraction of sp³-hybridized carbons (Fsp3) is 0.333. The Morgan fingerprint density at radius 3 is 2.64 bits per heavy atom. The van der Waals surface area contributed by atoms with Gasteiger partial charge in [-0.05, 0) is 35.0 Å². The molecule has 2 aromatic rings. The zero-order valence-electron chi connectivity index (χ0n) is 8.55. The third kappa shape index (κ3) is 2.35. The summed E-state index contributed by atoms with van der Waals surface area (Å²) in [5, 5.41) is 10.8. The zero-order chi connectivity index (χ0) is 10.4. The van der Waals surface area contributed by atoms with Crippen molar-refractivity contribution >= 4 is 0 Å². The van der Waals surface area contributed by atoms with E-state index in [0.29, 0.717) is 0 Å². The third-order valence-corrected chi connectivity index (χ3v) is 1.48. The lowest BCUT2D eigenvalue weighted by Crippen LogP contribution is -1.98. The van der Waals surface area contributed by atoms with Crippen molar-refractivity contribution in [3.8, 4) is 5.82 Å². The largest absolute Gasteiger partial charge is 0.237 e. The van der Waals surface area contributed by atoms with E-state index in [1.807, 2.05) is 32.9 Å². The van der Waals surface area contributed by atoms with Crippen LogP contribution in [0, 0.1) is 6.92 Å². The van der Waals surface area contributed by atoms with Crippen LogP contribution in [-0.4, -0.2) is 25.2 Å². The van der Waals surface area contributed by atoms with Crippen molar-refractivity contribution in [2.75, 3.05) is 0 Å². The Bertz CT molecular complexity index is 368. The molecule has 0 saturated heterocycles. The van der Waals surface area contributed by atoms with Gasteiger partial charge in [0, 0.05) is 6.20 Å². The van der Waals surface area contributed by atoms with E-state index in [2.05, 4.69) is 20.5 Å². The number of rotatable bonds is 1. The van der Waals surface area contributed by atoms with Crippen LogP contribution in [0.25, 0.3) is 5.82 Å². The van der Waals surface area contributed by atoms with E-state index in [1.165, 1.54) is 11.0 Å². The topological polar surface area (TPSA) is 56.5 Å². The fourth-order valence-electron chi connectivity index (χ4n) is 0.912. The molecular weight excluding hydrogens is 178 g/mol. The first kappa shape index (κ1) is 10.3. The average Bonchev–Trinajstić information content (AvgIpc) is 2.74. The van der Waals surface area contributed by atoms with E-state index < -0.39 is 0 Å². The van der Waals surface area contributed by atoms with E-state index in [1.54, 1.807) is 6.20 Å². The Kier molecular flexibility index (Phi) is 3.72. The lowest BCUT2D eigenvalue weighted by molar-refractivity contribution is 0.770. The molecule has 0 radical (unpaired) electrons. The van der Waals surface area contributed by atoms with Gasteiger partial charge in [-0.2, -0.15) is 4.68 Å². The van der Waals surface area contributed by atoms with E-state index >= 15 is 0 Å². The van der Waals surface area contributed by atoms with Crippen LogP contribution in [0.2, 0.25) is 0 Å². The summed E-state index contributed by atoms with van der Waals surface area (Å²) in [6, 6.07) is 3.84. The van der Waals surface area contributed by atoms with Crippen LogP contribution in [-0.2, 0) is 0 Å². The second kappa shape index (κ2) is 5.06.